The van der Waals surface area contributed by atoms with Gasteiger partial charge in [0.1, 0.15) is 11.5 Å². The maximum absolute atomic E-state index is 13.1. The van der Waals surface area contributed by atoms with Gasteiger partial charge in [-0.15, -0.1) is 0 Å². The van der Waals surface area contributed by atoms with Crippen LogP contribution in [0.5, 0.6) is 5.88 Å². The van der Waals surface area contributed by atoms with E-state index in [4.69, 9.17) is 15.0 Å². The SMILES string of the molecule is COc1ncccc1-c1noc(N)c1-c1ccc(F)cc1. The zero-order chi connectivity index (χ0) is 14.8. The Labute approximate surface area is 120 Å². The number of hydrogen-bond donors (Lipinski definition) is 1. The number of hydrogen-bond acceptors (Lipinski definition) is 5. The van der Waals surface area contributed by atoms with E-state index in [1.165, 1.54) is 19.2 Å². The Kier molecular flexibility index (Phi) is 3.27. The minimum Gasteiger partial charge on any atom is -0.481 e. The fourth-order valence-corrected chi connectivity index (χ4v) is 2.12. The van der Waals surface area contributed by atoms with Gasteiger partial charge in [0.2, 0.25) is 11.8 Å². The van der Waals surface area contributed by atoms with Crippen molar-refractivity contribution in [3.05, 3.63) is 48.4 Å². The fourth-order valence-electron chi connectivity index (χ4n) is 2.12. The zero-order valence-corrected chi connectivity index (χ0v) is 11.2. The Morgan fingerprint density at radius 1 is 1.19 bits per heavy atom. The van der Waals surface area contributed by atoms with Crippen molar-refractivity contribution >= 4 is 5.88 Å². The third-order valence-electron chi connectivity index (χ3n) is 3.07. The molecule has 0 atom stereocenters. The summed E-state index contributed by atoms with van der Waals surface area (Å²) in [5.41, 5.74) is 8.30. The van der Waals surface area contributed by atoms with Gasteiger partial charge in [-0.1, -0.05) is 17.3 Å². The van der Waals surface area contributed by atoms with Crippen LogP contribution in [0.2, 0.25) is 0 Å². The highest BCUT2D eigenvalue weighted by Crippen LogP contribution is 2.38. The van der Waals surface area contributed by atoms with Gasteiger partial charge in [-0.2, -0.15) is 0 Å². The summed E-state index contributed by atoms with van der Waals surface area (Å²) in [5, 5.41) is 3.98. The number of halogens is 1. The lowest BCUT2D eigenvalue weighted by atomic mass is 10.0. The van der Waals surface area contributed by atoms with E-state index in [1.807, 2.05) is 0 Å². The Balaban J connectivity index is 2.19. The summed E-state index contributed by atoms with van der Waals surface area (Å²) in [6.07, 6.45) is 1.61. The van der Waals surface area contributed by atoms with Crippen molar-refractivity contribution in [2.75, 3.05) is 12.8 Å². The van der Waals surface area contributed by atoms with E-state index in [0.29, 0.717) is 28.3 Å². The maximum Gasteiger partial charge on any atom is 0.230 e. The van der Waals surface area contributed by atoms with Gasteiger partial charge in [0.25, 0.3) is 0 Å². The fraction of sp³-hybridized carbons (Fsp3) is 0.0667. The number of pyridine rings is 1. The molecule has 0 radical (unpaired) electrons. The van der Waals surface area contributed by atoms with Crippen LogP contribution >= 0.6 is 0 Å². The van der Waals surface area contributed by atoms with Crippen LogP contribution in [0.15, 0.2) is 47.1 Å². The molecular formula is C15H12FN3O2. The lowest BCUT2D eigenvalue weighted by molar-refractivity contribution is 0.398. The quantitative estimate of drug-likeness (QED) is 0.800. The van der Waals surface area contributed by atoms with Gasteiger partial charge in [0.05, 0.1) is 18.2 Å². The molecule has 6 heteroatoms. The first kappa shape index (κ1) is 13.1. The average molecular weight is 285 g/mol. The molecule has 106 valence electrons. The summed E-state index contributed by atoms with van der Waals surface area (Å²) in [7, 11) is 1.52. The molecule has 0 saturated heterocycles. The van der Waals surface area contributed by atoms with Gasteiger partial charge >= 0.3 is 0 Å². The highest BCUT2D eigenvalue weighted by atomic mass is 19.1. The average Bonchev–Trinajstić information content (AvgIpc) is 2.90. The summed E-state index contributed by atoms with van der Waals surface area (Å²) < 4.78 is 23.4. The number of nitrogens with zero attached hydrogens (tertiary/aromatic N) is 2. The molecule has 0 bridgehead atoms. The highest BCUT2D eigenvalue weighted by Gasteiger charge is 2.20. The predicted octanol–water partition coefficient (Wildman–Crippen LogP) is 3.13. The molecule has 2 heterocycles. The summed E-state index contributed by atoms with van der Waals surface area (Å²) in [5.74, 6) is 0.242. The molecule has 0 unspecified atom stereocenters. The summed E-state index contributed by atoms with van der Waals surface area (Å²) in [6, 6.07) is 9.50. The number of benzene rings is 1. The standard InChI is InChI=1S/C15H12FN3O2/c1-20-15-11(3-2-8-18-15)13-12(14(17)21-19-13)9-4-6-10(16)7-5-9/h2-8H,17H2,1H3. The molecule has 5 nitrogen and oxygen atoms in total. The molecule has 0 aliphatic carbocycles. The van der Waals surface area contributed by atoms with Crippen molar-refractivity contribution in [2.45, 2.75) is 0 Å². The van der Waals surface area contributed by atoms with Gasteiger partial charge in [-0.05, 0) is 29.8 Å². The number of methoxy groups -OCH3 is 1. The van der Waals surface area contributed by atoms with Crippen LogP contribution in [0.3, 0.4) is 0 Å². The number of nitrogen functional groups attached to an aromatic ring is 1. The number of anilines is 1. The second-order valence-corrected chi connectivity index (χ2v) is 4.34. The number of aromatic nitrogens is 2. The molecule has 1 aromatic carbocycles. The summed E-state index contributed by atoms with van der Waals surface area (Å²) in [6.45, 7) is 0. The Morgan fingerprint density at radius 2 is 1.95 bits per heavy atom. The van der Waals surface area contributed by atoms with Crippen LogP contribution < -0.4 is 10.5 Å². The topological polar surface area (TPSA) is 74.2 Å². The summed E-state index contributed by atoms with van der Waals surface area (Å²) >= 11 is 0. The third-order valence-corrected chi connectivity index (χ3v) is 3.07. The minimum atomic E-state index is -0.325. The Hall–Kier alpha value is -2.89. The highest BCUT2D eigenvalue weighted by molar-refractivity contribution is 5.88. The molecule has 3 rings (SSSR count). The molecule has 21 heavy (non-hydrogen) atoms. The molecular weight excluding hydrogens is 273 g/mol. The number of nitrogens with two attached hydrogens (primary N) is 1. The Bertz CT molecular complexity index is 769. The first-order chi connectivity index (χ1) is 10.2. The van der Waals surface area contributed by atoms with Crippen molar-refractivity contribution in [2.24, 2.45) is 0 Å². The first-order valence-electron chi connectivity index (χ1n) is 6.21. The molecule has 3 aromatic rings. The number of ether oxygens (including phenoxy) is 1. The van der Waals surface area contributed by atoms with E-state index in [0.717, 1.165) is 0 Å². The van der Waals surface area contributed by atoms with E-state index < -0.39 is 0 Å². The van der Waals surface area contributed by atoms with Crippen LogP contribution in [-0.2, 0) is 0 Å². The summed E-state index contributed by atoms with van der Waals surface area (Å²) in [4.78, 5) is 4.13. The van der Waals surface area contributed by atoms with Gasteiger partial charge in [0, 0.05) is 6.20 Å². The number of rotatable bonds is 3. The van der Waals surface area contributed by atoms with Gasteiger partial charge in [-0.3, -0.25) is 0 Å². The second kappa shape index (κ2) is 5.24. The smallest absolute Gasteiger partial charge is 0.230 e. The normalized spacial score (nSPS) is 10.6. The van der Waals surface area contributed by atoms with E-state index in [1.54, 1.807) is 30.5 Å². The molecule has 2 N–H and O–H groups in total. The Morgan fingerprint density at radius 3 is 2.67 bits per heavy atom. The lowest BCUT2D eigenvalue weighted by Gasteiger charge is -2.06. The molecule has 0 aliphatic rings. The largest absolute Gasteiger partial charge is 0.481 e. The van der Waals surface area contributed by atoms with Gasteiger partial charge in [0.15, 0.2) is 0 Å². The van der Waals surface area contributed by atoms with E-state index in [-0.39, 0.29) is 11.7 Å². The zero-order valence-electron chi connectivity index (χ0n) is 11.2. The minimum absolute atomic E-state index is 0.155. The van der Waals surface area contributed by atoms with Crippen LogP contribution in [0.4, 0.5) is 10.3 Å². The molecule has 0 amide bonds. The molecule has 0 saturated carbocycles. The van der Waals surface area contributed by atoms with E-state index >= 15 is 0 Å². The van der Waals surface area contributed by atoms with Crippen molar-refractivity contribution in [3.63, 3.8) is 0 Å². The first-order valence-corrected chi connectivity index (χ1v) is 6.21. The molecule has 2 aromatic heterocycles. The van der Waals surface area contributed by atoms with Gasteiger partial charge in [-0.25, -0.2) is 9.37 Å². The van der Waals surface area contributed by atoms with Crippen molar-refractivity contribution in [1.29, 1.82) is 0 Å². The van der Waals surface area contributed by atoms with Crippen LogP contribution in [0, 0.1) is 5.82 Å². The van der Waals surface area contributed by atoms with E-state index in [2.05, 4.69) is 10.1 Å². The predicted molar refractivity (Wildman–Crippen MR) is 76.1 cm³/mol. The third kappa shape index (κ3) is 2.31. The van der Waals surface area contributed by atoms with Crippen LogP contribution in [0.25, 0.3) is 22.4 Å². The second-order valence-electron chi connectivity index (χ2n) is 4.34. The molecule has 0 spiro atoms. The van der Waals surface area contributed by atoms with Crippen molar-refractivity contribution in [3.8, 4) is 28.3 Å². The van der Waals surface area contributed by atoms with Crippen molar-refractivity contribution in [1.82, 2.24) is 10.1 Å². The molecule has 0 fully saturated rings. The van der Waals surface area contributed by atoms with E-state index in [9.17, 15) is 4.39 Å². The van der Waals surface area contributed by atoms with Crippen LogP contribution in [-0.4, -0.2) is 17.3 Å². The molecule has 0 aliphatic heterocycles. The van der Waals surface area contributed by atoms with Crippen LogP contribution in [0.1, 0.15) is 0 Å². The lowest BCUT2D eigenvalue weighted by Crippen LogP contribution is -1.93. The maximum atomic E-state index is 13.1. The monoisotopic (exact) mass is 285 g/mol. The van der Waals surface area contributed by atoms with Crippen molar-refractivity contribution < 1.29 is 13.7 Å². The van der Waals surface area contributed by atoms with Gasteiger partial charge < -0.3 is 15.0 Å².